The number of hydrogen-bond acceptors (Lipinski definition) is 4. The van der Waals surface area contributed by atoms with E-state index in [9.17, 15) is 4.79 Å². The first-order chi connectivity index (χ1) is 10.3. The van der Waals surface area contributed by atoms with Crippen molar-refractivity contribution in [3.8, 4) is 0 Å². The Bertz CT molecular complexity index is 845. The number of anilines is 1. The predicted molar refractivity (Wildman–Crippen MR) is 92.7 cm³/mol. The molecule has 4 nitrogen and oxygen atoms in total. The molecule has 0 aliphatic carbocycles. The third-order valence-corrected chi connectivity index (χ3v) is 4.95. The average Bonchev–Trinajstić information content (AvgIpc) is 3.03. The summed E-state index contributed by atoms with van der Waals surface area (Å²) >= 11 is 4.76. The summed E-state index contributed by atoms with van der Waals surface area (Å²) < 4.78 is 6.55. The van der Waals surface area contributed by atoms with Gasteiger partial charge in [-0.3, -0.25) is 4.79 Å². The highest BCUT2D eigenvalue weighted by Crippen LogP contribution is 2.28. The van der Waals surface area contributed by atoms with Crippen molar-refractivity contribution < 1.29 is 9.21 Å². The Kier molecular flexibility index (Phi) is 3.82. The van der Waals surface area contributed by atoms with E-state index in [1.54, 1.807) is 0 Å². The van der Waals surface area contributed by atoms with E-state index in [4.69, 9.17) is 4.42 Å². The second-order valence-electron chi connectivity index (χ2n) is 6.00. The van der Waals surface area contributed by atoms with Crippen molar-refractivity contribution in [1.82, 2.24) is 4.98 Å². The molecule has 0 bridgehead atoms. The Labute approximate surface area is 140 Å². The summed E-state index contributed by atoms with van der Waals surface area (Å²) in [4.78, 5) is 17.4. The fraction of sp³-hybridized carbons (Fsp3) is 0.250. The Morgan fingerprint density at radius 1 is 1.32 bits per heavy atom. The maximum atomic E-state index is 12.2. The molecule has 0 saturated carbocycles. The van der Waals surface area contributed by atoms with Gasteiger partial charge in [0.1, 0.15) is 10.4 Å². The van der Waals surface area contributed by atoms with Crippen LogP contribution in [0.1, 0.15) is 36.3 Å². The highest BCUT2D eigenvalue weighted by atomic mass is 79.9. The largest absolute Gasteiger partial charge is 0.440 e. The molecule has 3 rings (SSSR count). The number of carbonyl (C=O) groups excluding carboxylic acids is 1. The maximum absolute atomic E-state index is 12.2. The van der Waals surface area contributed by atoms with E-state index in [1.807, 2.05) is 29.6 Å². The molecule has 0 atom stereocenters. The fourth-order valence-electron chi connectivity index (χ4n) is 1.97. The van der Waals surface area contributed by atoms with Crippen LogP contribution < -0.4 is 5.32 Å². The summed E-state index contributed by atoms with van der Waals surface area (Å²) in [5.74, 6) is 0.549. The van der Waals surface area contributed by atoms with E-state index in [2.05, 4.69) is 47.0 Å². The Morgan fingerprint density at radius 2 is 2.09 bits per heavy atom. The standard InChI is InChI=1S/C16H15BrN2O2S/c1-16(2,3)15-19-11-8-9(4-5-12(11)21-15)18-14(20)13-10(17)6-7-22-13/h4-8H,1-3H3,(H,18,20). The van der Waals surface area contributed by atoms with Gasteiger partial charge in [-0.05, 0) is 45.6 Å². The molecule has 0 fully saturated rings. The summed E-state index contributed by atoms with van der Waals surface area (Å²) in [7, 11) is 0. The molecule has 0 aliphatic rings. The van der Waals surface area contributed by atoms with Crippen LogP contribution in [-0.4, -0.2) is 10.9 Å². The van der Waals surface area contributed by atoms with Crippen LogP contribution in [0.2, 0.25) is 0 Å². The quantitative estimate of drug-likeness (QED) is 0.666. The van der Waals surface area contributed by atoms with E-state index in [1.165, 1.54) is 11.3 Å². The molecule has 0 aliphatic heterocycles. The van der Waals surface area contributed by atoms with Gasteiger partial charge in [-0.25, -0.2) is 4.98 Å². The fourth-order valence-corrected chi connectivity index (χ4v) is 3.42. The average molecular weight is 379 g/mol. The van der Waals surface area contributed by atoms with Crippen molar-refractivity contribution in [1.29, 1.82) is 0 Å². The lowest BCUT2D eigenvalue weighted by atomic mass is 9.97. The second-order valence-corrected chi connectivity index (χ2v) is 7.77. The van der Waals surface area contributed by atoms with Crippen LogP contribution >= 0.6 is 27.3 Å². The maximum Gasteiger partial charge on any atom is 0.266 e. The number of rotatable bonds is 2. The Balaban J connectivity index is 1.89. The number of fused-ring (bicyclic) bond motifs is 1. The molecule has 0 saturated heterocycles. The van der Waals surface area contributed by atoms with Crippen LogP contribution in [-0.2, 0) is 5.41 Å². The van der Waals surface area contributed by atoms with Gasteiger partial charge in [0.25, 0.3) is 5.91 Å². The molecule has 22 heavy (non-hydrogen) atoms. The molecule has 1 aromatic carbocycles. The van der Waals surface area contributed by atoms with Crippen molar-refractivity contribution in [2.24, 2.45) is 0 Å². The zero-order valence-corrected chi connectivity index (χ0v) is 14.8. The number of thiophene rings is 1. The van der Waals surface area contributed by atoms with Gasteiger partial charge >= 0.3 is 0 Å². The molecule has 1 N–H and O–H groups in total. The van der Waals surface area contributed by atoms with Gasteiger partial charge in [-0.15, -0.1) is 11.3 Å². The highest BCUT2D eigenvalue weighted by molar-refractivity contribution is 9.10. The molecule has 2 aromatic heterocycles. The number of halogens is 1. The van der Waals surface area contributed by atoms with Crippen LogP contribution in [0.3, 0.4) is 0 Å². The van der Waals surface area contributed by atoms with Crippen LogP contribution in [0.4, 0.5) is 5.69 Å². The second kappa shape index (κ2) is 5.52. The molecule has 0 unspecified atom stereocenters. The normalized spacial score (nSPS) is 11.8. The van der Waals surface area contributed by atoms with Crippen molar-refractivity contribution in [2.45, 2.75) is 26.2 Å². The van der Waals surface area contributed by atoms with Gasteiger partial charge in [0.05, 0.1) is 0 Å². The van der Waals surface area contributed by atoms with Crippen LogP contribution in [0.25, 0.3) is 11.1 Å². The van der Waals surface area contributed by atoms with Crippen molar-refractivity contribution in [3.63, 3.8) is 0 Å². The lowest BCUT2D eigenvalue weighted by Crippen LogP contribution is -2.11. The zero-order valence-electron chi connectivity index (χ0n) is 12.4. The minimum Gasteiger partial charge on any atom is -0.440 e. The van der Waals surface area contributed by atoms with E-state index in [0.717, 1.165) is 15.6 Å². The smallest absolute Gasteiger partial charge is 0.266 e. The van der Waals surface area contributed by atoms with Crippen molar-refractivity contribution in [2.75, 3.05) is 5.32 Å². The molecular formula is C16H15BrN2O2S. The summed E-state index contributed by atoms with van der Waals surface area (Å²) in [5, 5.41) is 4.76. The third kappa shape index (κ3) is 2.94. The van der Waals surface area contributed by atoms with Gasteiger partial charge in [0.15, 0.2) is 5.58 Å². The molecule has 114 valence electrons. The topological polar surface area (TPSA) is 55.1 Å². The number of oxazole rings is 1. The van der Waals surface area contributed by atoms with E-state index >= 15 is 0 Å². The lowest BCUT2D eigenvalue weighted by molar-refractivity contribution is 0.103. The number of hydrogen-bond donors (Lipinski definition) is 1. The molecule has 6 heteroatoms. The number of nitrogens with zero attached hydrogens (tertiary/aromatic N) is 1. The SMILES string of the molecule is CC(C)(C)c1nc2cc(NC(=O)c3sccc3Br)ccc2o1. The van der Waals surface area contributed by atoms with Gasteiger partial charge in [0, 0.05) is 15.6 Å². The third-order valence-electron chi connectivity index (χ3n) is 3.11. The van der Waals surface area contributed by atoms with Gasteiger partial charge < -0.3 is 9.73 Å². The first kappa shape index (κ1) is 15.2. The summed E-state index contributed by atoms with van der Waals surface area (Å²) in [6.45, 7) is 6.15. The molecule has 1 amide bonds. The molecule has 0 spiro atoms. The zero-order chi connectivity index (χ0) is 15.9. The molecule has 2 heterocycles. The number of amides is 1. The van der Waals surface area contributed by atoms with E-state index < -0.39 is 0 Å². The number of carbonyl (C=O) groups is 1. The Morgan fingerprint density at radius 3 is 2.73 bits per heavy atom. The van der Waals surface area contributed by atoms with Gasteiger partial charge in [0.2, 0.25) is 5.89 Å². The highest BCUT2D eigenvalue weighted by Gasteiger charge is 2.21. The van der Waals surface area contributed by atoms with E-state index in [-0.39, 0.29) is 11.3 Å². The predicted octanol–water partition coefficient (Wildman–Crippen LogP) is 5.20. The minimum atomic E-state index is -0.149. The minimum absolute atomic E-state index is 0.138. The lowest BCUT2D eigenvalue weighted by Gasteiger charge is -2.11. The van der Waals surface area contributed by atoms with Crippen molar-refractivity contribution >= 4 is 50.0 Å². The molecular weight excluding hydrogens is 364 g/mol. The monoisotopic (exact) mass is 378 g/mol. The van der Waals surface area contributed by atoms with Crippen LogP contribution in [0.15, 0.2) is 38.5 Å². The van der Waals surface area contributed by atoms with Crippen LogP contribution in [0.5, 0.6) is 0 Å². The number of nitrogens with one attached hydrogen (secondary N) is 1. The molecule has 0 radical (unpaired) electrons. The van der Waals surface area contributed by atoms with Gasteiger partial charge in [-0.1, -0.05) is 20.8 Å². The number of aromatic nitrogens is 1. The Hall–Kier alpha value is -1.66. The first-order valence-electron chi connectivity index (χ1n) is 6.80. The van der Waals surface area contributed by atoms with E-state index in [0.29, 0.717) is 16.5 Å². The first-order valence-corrected chi connectivity index (χ1v) is 8.47. The number of benzene rings is 1. The summed E-state index contributed by atoms with van der Waals surface area (Å²) in [6, 6.07) is 7.33. The van der Waals surface area contributed by atoms with Crippen LogP contribution in [0, 0.1) is 0 Å². The molecule has 3 aromatic rings. The summed E-state index contributed by atoms with van der Waals surface area (Å²) in [5.41, 5.74) is 2.02. The summed E-state index contributed by atoms with van der Waals surface area (Å²) in [6.07, 6.45) is 0. The van der Waals surface area contributed by atoms with Gasteiger partial charge in [-0.2, -0.15) is 0 Å². The van der Waals surface area contributed by atoms with Crippen molar-refractivity contribution in [3.05, 3.63) is 44.9 Å².